The molecule has 3 saturated heterocycles. The van der Waals surface area contributed by atoms with Crippen molar-refractivity contribution in [1.29, 1.82) is 0 Å². The van der Waals surface area contributed by atoms with E-state index in [0.717, 1.165) is 50.8 Å². The first kappa shape index (κ1) is 21.5. The highest BCUT2D eigenvalue weighted by Gasteiger charge is 2.49. The molecule has 7 heteroatoms. The lowest BCUT2D eigenvalue weighted by atomic mass is 9.69. The fraction of sp³-hybridized carbons (Fsp3) is 0.696. The summed E-state index contributed by atoms with van der Waals surface area (Å²) in [6.07, 6.45) is 3.49. The van der Waals surface area contributed by atoms with Gasteiger partial charge in [-0.25, -0.2) is 4.79 Å². The summed E-state index contributed by atoms with van der Waals surface area (Å²) in [6.45, 7) is 5.27. The maximum Gasteiger partial charge on any atom is 0.416 e. The summed E-state index contributed by atoms with van der Waals surface area (Å²) < 4.78 is 38.5. The molecule has 1 aromatic rings. The first-order chi connectivity index (χ1) is 14.4. The van der Waals surface area contributed by atoms with Crippen molar-refractivity contribution in [3.63, 3.8) is 0 Å². The molecule has 1 N–H and O–H groups in total. The average molecular weight is 424 g/mol. The molecule has 1 aromatic carbocycles. The zero-order valence-corrected chi connectivity index (χ0v) is 17.6. The number of amides is 2. The lowest BCUT2D eigenvalue weighted by molar-refractivity contribution is -0.137. The maximum atomic E-state index is 13.2. The number of likely N-dealkylation sites (tertiary alicyclic amines) is 1. The molecule has 3 heterocycles. The summed E-state index contributed by atoms with van der Waals surface area (Å²) in [5.74, 6) is 1.00. The highest BCUT2D eigenvalue weighted by Crippen LogP contribution is 2.43. The lowest BCUT2D eigenvalue weighted by Gasteiger charge is -2.57. The Kier molecular flexibility index (Phi) is 6.28. The van der Waals surface area contributed by atoms with Crippen molar-refractivity contribution in [2.24, 2.45) is 11.8 Å². The number of hydrogen-bond donors (Lipinski definition) is 1. The highest BCUT2D eigenvalue weighted by molar-refractivity contribution is 5.89. The topological polar surface area (TPSA) is 35.6 Å². The quantitative estimate of drug-likeness (QED) is 0.684. The van der Waals surface area contributed by atoms with Crippen LogP contribution in [0.2, 0.25) is 0 Å². The van der Waals surface area contributed by atoms with Gasteiger partial charge in [-0.05, 0) is 81.3 Å². The predicted molar refractivity (Wildman–Crippen MR) is 111 cm³/mol. The van der Waals surface area contributed by atoms with E-state index in [0.29, 0.717) is 23.6 Å². The van der Waals surface area contributed by atoms with E-state index < -0.39 is 11.7 Å². The number of hydrogen-bond acceptors (Lipinski definition) is 2. The number of urea groups is 1. The van der Waals surface area contributed by atoms with Gasteiger partial charge in [-0.1, -0.05) is 19.8 Å². The molecule has 4 atom stereocenters. The number of unbranched alkanes of at least 4 members (excludes halogenated alkanes) is 1. The molecule has 3 aliphatic rings. The van der Waals surface area contributed by atoms with Crippen LogP contribution in [-0.2, 0) is 6.18 Å². The third-order valence-electron chi connectivity index (χ3n) is 7.25. The van der Waals surface area contributed by atoms with Crippen LogP contribution in [0.15, 0.2) is 24.3 Å². The number of anilines is 1. The summed E-state index contributed by atoms with van der Waals surface area (Å²) in [4.78, 5) is 17.9. The van der Waals surface area contributed by atoms with E-state index >= 15 is 0 Å². The van der Waals surface area contributed by atoms with Gasteiger partial charge in [0, 0.05) is 24.3 Å². The Labute approximate surface area is 176 Å². The largest absolute Gasteiger partial charge is 0.416 e. The minimum atomic E-state index is -4.37. The van der Waals surface area contributed by atoms with Crippen LogP contribution in [0.5, 0.6) is 0 Å². The molecule has 0 aromatic heterocycles. The van der Waals surface area contributed by atoms with E-state index in [2.05, 4.69) is 17.1 Å². The number of alkyl halides is 3. The molecular weight excluding hydrogens is 391 g/mol. The zero-order valence-electron chi connectivity index (χ0n) is 17.6. The lowest BCUT2D eigenvalue weighted by Crippen LogP contribution is -2.66. The molecule has 4 rings (SSSR count). The predicted octanol–water partition coefficient (Wildman–Crippen LogP) is 5.60. The van der Waals surface area contributed by atoms with Gasteiger partial charge in [-0.3, -0.25) is 4.90 Å². The van der Waals surface area contributed by atoms with Gasteiger partial charge in [-0.15, -0.1) is 0 Å². The Balaban J connectivity index is 1.52. The number of nitrogens with zero attached hydrogens (tertiary/aromatic N) is 2. The summed E-state index contributed by atoms with van der Waals surface area (Å²) in [7, 11) is 0. The van der Waals surface area contributed by atoms with Crippen LogP contribution in [0.4, 0.5) is 23.7 Å². The van der Waals surface area contributed by atoms with E-state index in [-0.39, 0.29) is 12.1 Å². The number of piperidine rings is 3. The molecule has 2 amide bonds. The molecular formula is C23H32F3N3O. The molecule has 3 fully saturated rings. The van der Waals surface area contributed by atoms with Gasteiger partial charge >= 0.3 is 12.2 Å². The highest BCUT2D eigenvalue weighted by atomic mass is 19.4. The van der Waals surface area contributed by atoms with Crippen molar-refractivity contribution in [3.05, 3.63) is 29.8 Å². The van der Waals surface area contributed by atoms with Crippen molar-refractivity contribution >= 4 is 11.7 Å². The smallest absolute Gasteiger partial charge is 0.321 e. The van der Waals surface area contributed by atoms with Crippen LogP contribution in [0, 0.1) is 11.8 Å². The summed E-state index contributed by atoms with van der Waals surface area (Å²) in [5.41, 5.74) is -0.287. The van der Waals surface area contributed by atoms with Gasteiger partial charge in [0.15, 0.2) is 0 Å². The van der Waals surface area contributed by atoms with Crippen molar-refractivity contribution in [3.8, 4) is 0 Å². The minimum absolute atomic E-state index is 0.169. The van der Waals surface area contributed by atoms with E-state index in [9.17, 15) is 18.0 Å². The van der Waals surface area contributed by atoms with Crippen molar-refractivity contribution in [2.75, 3.05) is 25.0 Å². The van der Waals surface area contributed by atoms with Gasteiger partial charge in [0.2, 0.25) is 0 Å². The molecule has 0 saturated carbocycles. The number of halogens is 3. The van der Waals surface area contributed by atoms with Gasteiger partial charge < -0.3 is 10.2 Å². The minimum Gasteiger partial charge on any atom is -0.321 e. The molecule has 0 radical (unpaired) electrons. The first-order valence-corrected chi connectivity index (χ1v) is 11.4. The average Bonchev–Trinajstić information content (AvgIpc) is 2.73. The van der Waals surface area contributed by atoms with Crippen LogP contribution >= 0.6 is 0 Å². The Hall–Kier alpha value is -1.76. The van der Waals surface area contributed by atoms with Crippen LogP contribution in [0.3, 0.4) is 0 Å². The SMILES string of the molecule is CCCC[C@@H]1[C@H]2CCCN3CCC[C@@H](CN1C(=O)Nc1ccc(C(F)(F)F)cc1)[C@@H]23. The van der Waals surface area contributed by atoms with Gasteiger partial charge in [0.1, 0.15) is 0 Å². The maximum absolute atomic E-state index is 13.2. The second kappa shape index (κ2) is 8.77. The van der Waals surface area contributed by atoms with Crippen LogP contribution in [0.1, 0.15) is 57.4 Å². The second-order valence-corrected chi connectivity index (χ2v) is 9.10. The second-order valence-electron chi connectivity index (χ2n) is 9.10. The number of benzene rings is 1. The number of nitrogens with one attached hydrogen (secondary N) is 1. The fourth-order valence-corrected chi connectivity index (χ4v) is 5.95. The Morgan fingerprint density at radius 1 is 1.13 bits per heavy atom. The molecule has 3 aliphatic heterocycles. The molecule has 0 aliphatic carbocycles. The van der Waals surface area contributed by atoms with Gasteiger partial charge in [0.25, 0.3) is 0 Å². The Bertz CT molecular complexity index is 734. The van der Waals surface area contributed by atoms with Gasteiger partial charge in [-0.2, -0.15) is 13.2 Å². The van der Waals surface area contributed by atoms with E-state index in [4.69, 9.17) is 0 Å². The van der Waals surface area contributed by atoms with Gasteiger partial charge in [0.05, 0.1) is 5.56 Å². The standard InChI is InChI=1S/C23H32F3N3O/c1-2-3-8-20-19-7-5-14-28-13-4-6-16(21(19)28)15-29(20)22(30)27-18-11-9-17(10-12-18)23(24,25)26/h9-12,16,19-21H,2-8,13-15H2,1H3,(H,27,30)/t16-,19+,20+,21-/m0/s1. The van der Waals surface area contributed by atoms with E-state index in [1.54, 1.807) is 0 Å². The van der Waals surface area contributed by atoms with Crippen molar-refractivity contribution in [2.45, 2.75) is 70.1 Å². The van der Waals surface area contributed by atoms with Crippen LogP contribution < -0.4 is 5.32 Å². The number of rotatable bonds is 4. The van der Waals surface area contributed by atoms with Crippen LogP contribution in [-0.4, -0.2) is 47.5 Å². The third kappa shape index (κ3) is 4.32. The molecule has 30 heavy (non-hydrogen) atoms. The molecule has 166 valence electrons. The summed E-state index contributed by atoms with van der Waals surface area (Å²) >= 11 is 0. The summed E-state index contributed by atoms with van der Waals surface area (Å²) in [6, 6.07) is 5.37. The summed E-state index contributed by atoms with van der Waals surface area (Å²) in [5, 5.41) is 2.87. The molecule has 0 unspecified atom stereocenters. The Morgan fingerprint density at radius 3 is 2.50 bits per heavy atom. The first-order valence-electron chi connectivity index (χ1n) is 11.4. The number of carbonyl (C=O) groups excluding carboxylic acids is 1. The molecule has 0 bridgehead atoms. The molecule has 4 nitrogen and oxygen atoms in total. The third-order valence-corrected chi connectivity index (χ3v) is 7.25. The Morgan fingerprint density at radius 2 is 1.83 bits per heavy atom. The van der Waals surface area contributed by atoms with Crippen molar-refractivity contribution < 1.29 is 18.0 Å². The molecule has 0 spiro atoms. The van der Waals surface area contributed by atoms with E-state index in [1.807, 2.05) is 4.90 Å². The van der Waals surface area contributed by atoms with Crippen LogP contribution in [0.25, 0.3) is 0 Å². The van der Waals surface area contributed by atoms with Crippen molar-refractivity contribution in [1.82, 2.24) is 9.80 Å². The normalized spacial score (nSPS) is 29.4. The monoisotopic (exact) mass is 423 g/mol. The van der Waals surface area contributed by atoms with E-state index in [1.165, 1.54) is 38.1 Å². The number of carbonyl (C=O) groups is 1. The zero-order chi connectivity index (χ0) is 21.3. The fourth-order valence-electron chi connectivity index (χ4n) is 5.95.